The lowest BCUT2D eigenvalue weighted by atomic mass is 10.0. The molecule has 0 fully saturated rings. The van der Waals surface area contributed by atoms with Gasteiger partial charge in [-0.1, -0.05) is 64.5 Å². The molecule has 0 aliphatic heterocycles. The van der Waals surface area contributed by atoms with E-state index in [2.05, 4.69) is 41.9 Å². The lowest BCUT2D eigenvalue weighted by Crippen LogP contribution is -2.13. The van der Waals surface area contributed by atoms with Crippen molar-refractivity contribution in [1.82, 2.24) is 9.78 Å². The molecule has 0 saturated carbocycles. The second-order valence-corrected chi connectivity index (χ2v) is 8.59. The van der Waals surface area contributed by atoms with Crippen molar-refractivity contribution >= 4 is 32.8 Å². The predicted molar refractivity (Wildman–Crippen MR) is 125 cm³/mol. The van der Waals surface area contributed by atoms with E-state index in [0.29, 0.717) is 11.3 Å². The number of carboxylic acids is 1. The third-order valence-corrected chi connectivity index (χ3v) is 5.59. The Kier molecular flexibility index (Phi) is 6.09. The molecule has 4 rings (SSSR count). The van der Waals surface area contributed by atoms with E-state index >= 15 is 0 Å². The topological polar surface area (TPSA) is 64.4 Å². The summed E-state index contributed by atoms with van der Waals surface area (Å²) in [6.45, 7) is 4.19. The lowest BCUT2D eigenvalue weighted by molar-refractivity contribution is -0.136. The molecule has 0 spiro atoms. The molecular formula is C25H23BrN2O3. The molecule has 158 valence electrons. The van der Waals surface area contributed by atoms with Gasteiger partial charge in [0, 0.05) is 21.5 Å². The van der Waals surface area contributed by atoms with E-state index in [-0.39, 0.29) is 12.5 Å². The molecule has 4 aromatic rings. The highest BCUT2D eigenvalue weighted by atomic mass is 79.9. The zero-order valence-electron chi connectivity index (χ0n) is 17.3. The van der Waals surface area contributed by atoms with Crippen molar-refractivity contribution in [2.75, 3.05) is 0 Å². The largest absolute Gasteiger partial charge is 0.481 e. The Labute approximate surface area is 189 Å². The number of halogens is 1. The molecule has 0 aliphatic rings. The standard InChI is InChI=1S/C25H23BrN2O3/c1-16(2)28-21-13-12-19(26)15-20(21)24(27-28)25(17-8-4-3-5-9-17)31-22-11-7-6-10-18(22)14-23(29)30/h3-13,15-16,25H,14H2,1-2H3,(H,29,30). The molecule has 1 atom stereocenters. The number of para-hydroxylation sites is 1. The summed E-state index contributed by atoms with van der Waals surface area (Å²) >= 11 is 3.58. The van der Waals surface area contributed by atoms with Gasteiger partial charge >= 0.3 is 5.97 Å². The van der Waals surface area contributed by atoms with Gasteiger partial charge in [0.2, 0.25) is 0 Å². The van der Waals surface area contributed by atoms with Gasteiger partial charge in [0.25, 0.3) is 0 Å². The first kappa shape index (κ1) is 21.1. The number of ether oxygens (including phenoxy) is 1. The van der Waals surface area contributed by atoms with E-state index in [1.165, 1.54) is 0 Å². The van der Waals surface area contributed by atoms with Gasteiger partial charge in [-0.25, -0.2) is 0 Å². The van der Waals surface area contributed by atoms with E-state index in [1.807, 2.05) is 59.3 Å². The number of carboxylic acid groups (broad SMARTS) is 1. The number of hydrogen-bond acceptors (Lipinski definition) is 3. The highest BCUT2D eigenvalue weighted by Crippen LogP contribution is 2.36. The summed E-state index contributed by atoms with van der Waals surface area (Å²) in [6.07, 6.45) is -0.599. The van der Waals surface area contributed by atoms with E-state index in [9.17, 15) is 9.90 Å². The highest BCUT2D eigenvalue weighted by molar-refractivity contribution is 9.10. The fourth-order valence-electron chi connectivity index (χ4n) is 3.69. The van der Waals surface area contributed by atoms with Crippen molar-refractivity contribution in [2.45, 2.75) is 32.4 Å². The van der Waals surface area contributed by atoms with Crippen LogP contribution < -0.4 is 4.74 Å². The van der Waals surface area contributed by atoms with Gasteiger partial charge in [-0.3, -0.25) is 9.48 Å². The van der Waals surface area contributed by atoms with Crippen LogP contribution in [0.5, 0.6) is 5.75 Å². The second kappa shape index (κ2) is 8.94. The SMILES string of the molecule is CC(C)n1nc(C(Oc2ccccc2CC(=O)O)c2ccccc2)c2cc(Br)ccc21. The third-order valence-electron chi connectivity index (χ3n) is 5.10. The number of benzene rings is 3. The second-order valence-electron chi connectivity index (χ2n) is 7.67. The molecule has 0 radical (unpaired) electrons. The van der Waals surface area contributed by atoms with Gasteiger partial charge in [-0.15, -0.1) is 0 Å². The smallest absolute Gasteiger partial charge is 0.307 e. The first-order valence-corrected chi connectivity index (χ1v) is 10.9. The lowest BCUT2D eigenvalue weighted by Gasteiger charge is -2.20. The van der Waals surface area contributed by atoms with Crippen LogP contribution in [0.1, 0.15) is 42.8 Å². The molecule has 1 aromatic heterocycles. The van der Waals surface area contributed by atoms with Crippen molar-refractivity contribution in [3.05, 3.63) is 94.1 Å². The van der Waals surface area contributed by atoms with Gasteiger partial charge in [0.05, 0.1) is 11.9 Å². The van der Waals surface area contributed by atoms with Crippen LogP contribution >= 0.6 is 15.9 Å². The van der Waals surface area contributed by atoms with Crippen molar-refractivity contribution in [3.63, 3.8) is 0 Å². The molecule has 1 N–H and O–H groups in total. The summed E-state index contributed by atoms with van der Waals surface area (Å²) in [5, 5.41) is 15.3. The van der Waals surface area contributed by atoms with Gasteiger partial charge in [-0.05, 0) is 43.7 Å². The minimum Gasteiger partial charge on any atom is -0.481 e. The number of aliphatic carboxylic acids is 1. The Morgan fingerprint density at radius 3 is 2.48 bits per heavy atom. The zero-order chi connectivity index (χ0) is 22.0. The number of carbonyl (C=O) groups is 1. The van der Waals surface area contributed by atoms with E-state index in [4.69, 9.17) is 9.84 Å². The van der Waals surface area contributed by atoms with Crippen molar-refractivity contribution in [2.24, 2.45) is 0 Å². The Hall–Kier alpha value is -3.12. The number of aromatic nitrogens is 2. The molecule has 1 unspecified atom stereocenters. The van der Waals surface area contributed by atoms with Crippen LogP contribution in [0.2, 0.25) is 0 Å². The van der Waals surface area contributed by atoms with Crippen molar-refractivity contribution < 1.29 is 14.6 Å². The molecule has 0 aliphatic carbocycles. The maximum Gasteiger partial charge on any atom is 0.307 e. The normalized spacial score (nSPS) is 12.3. The first-order valence-electron chi connectivity index (χ1n) is 10.1. The monoisotopic (exact) mass is 478 g/mol. The molecular weight excluding hydrogens is 456 g/mol. The fourth-order valence-corrected chi connectivity index (χ4v) is 4.05. The van der Waals surface area contributed by atoms with Crippen LogP contribution in [-0.2, 0) is 11.2 Å². The third kappa shape index (κ3) is 4.49. The maximum absolute atomic E-state index is 11.4. The number of nitrogens with zero attached hydrogens (tertiary/aromatic N) is 2. The van der Waals surface area contributed by atoms with Gasteiger partial charge in [-0.2, -0.15) is 5.10 Å². The maximum atomic E-state index is 11.4. The Bertz CT molecular complexity index is 1220. The van der Waals surface area contributed by atoms with E-state index < -0.39 is 12.1 Å². The summed E-state index contributed by atoms with van der Waals surface area (Å²) in [7, 11) is 0. The van der Waals surface area contributed by atoms with Crippen LogP contribution in [0, 0.1) is 0 Å². The number of hydrogen-bond donors (Lipinski definition) is 1. The van der Waals surface area contributed by atoms with E-state index in [1.54, 1.807) is 6.07 Å². The summed E-state index contributed by atoms with van der Waals surface area (Å²) in [5.41, 5.74) is 3.39. The van der Waals surface area contributed by atoms with Crippen LogP contribution in [-0.4, -0.2) is 20.9 Å². The number of rotatable bonds is 7. The van der Waals surface area contributed by atoms with Gasteiger partial charge < -0.3 is 9.84 Å². The molecule has 0 saturated heterocycles. The highest BCUT2D eigenvalue weighted by Gasteiger charge is 2.25. The summed E-state index contributed by atoms with van der Waals surface area (Å²) < 4.78 is 9.47. The van der Waals surface area contributed by atoms with E-state index in [0.717, 1.165) is 26.6 Å². The molecule has 3 aromatic carbocycles. The van der Waals surface area contributed by atoms with Crippen molar-refractivity contribution in [1.29, 1.82) is 0 Å². The van der Waals surface area contributed by atoms with Crippen LogP contribution in [0.25, 0.3) is 10.9 Å². The predicted octanol–water partition coefficient (Wildman–Crippen LogP) is 6.18. The summed E-state index contributed by atoms with van der Waals surface area (Å²) in [5.74, 6) is -0.355. The first-order chi connectivity index (χ1) is 14.9. The zero-order valence-corrected chi connectivity index (χ0v) is 18.9. The van der Waals surface area contributed by atoms with Crippen LogP contribution in [0.15, 0.2) is 77.3 Å². The van der Waals surface area contributed by atoms with Crippen LogP contribution in [0.4, 0.5) is 0 Å². The Morgan fingerprint density at radius 1 is 1.06 bits per heavy atom. The van der Waals surface area contributed by atoms with Crippen LogP contribution in [0.3, 0.4) is 0 Å². The Balaban J connectivity index is 1.89. The summed E-state index contributed by atoms with van der Waals surface area (Å²) in [4.78, 5) is 11.4. The van der Waals surface area contributed by atoms with Gasteiger partial charge in [0.1, 0.15) is 11.4 Å². The Morgan fingerprint density at radius 2 is 1.77 bits per heavy atom. The molecule has 0 amide bonds. The molecule has 5 nitrogen and oxygen atoms in total. The molecule has 6 heteroatoms. The number of fused-ring (bicyclic) bond motifs is 1. The molecule has 1 heterocycles. The van der Waals surface area contributed by atoms with Gasteiger partial charge in [0.15, 0.2) is 6.10 Å². The minimum atomic E-state index is -0.897. The average molecular weight is 479 g/mol. The quantitative estimate of drug-likeness (QED) is 0.344. The summed E-state index contributed by atoms with van der Waals surface area (Å²) in [6, 6.07) is 23.5. The minimum absolute atomic E-state index is 0.107. The van der Waals surface area contributed by atoms with Crippen molar-refractivity contribution in [3.8, 4) is 5.75 Å². The molecule has 31 heavy (non-hydrogen) atoms. The molecule has 0 bridgehead atoms. The fraction of sp³-hybridized carbons (Fsp3) is 0.200. The average Bonchev–Trinajstić information content (AvgIpc) is 3.12.